The first-order valence-electron chi connectivity index (χ1n) is 8.51. The highest BCUT2D eigenvalue weighted by Gasteiger charge is 2.34. The van der Waals surface area contributed by atoms with Gasteiger partial charge in [-0.2, -0.15) is 4.68 Å². The molecule has 1 amide bonds. The first kappa shape index (κ1) is 18.6. The molecule has 1 atom stereocenters. The molecule has 0 aliphatic carbocycles. The largest absolute Gasteiger partial charge is 0.326 e. The lowest BCUT2D eigenvalue weighted by atomic mass is 9.94. The average Bonchev–Trinajstić information content (AvgIpc) is 3.16. The van der Waals surface area contributed by atoms with Crippen LogP contribution in [0.5, 0.6) is 0 Å². The topological polar surface area (TPSA) is 128 Å². The minimum absolute atomic E-state index is 0.0919. The lowest BCUT2D eigenvalue weighted by Crippen LogP contribution is -2.31. The maximum atomic E-state index is 13.1. The molecular formula is C18H14ClN7O3. The van der Waals surface area contributed by atoms with Crippen LogP contribution < -0.4 is 10.6 Å². The van der Waals surface area contributed by atoms with Gasteiger partial charge in [0.15, 0.2) is 0 Å². The Morgan fingerprint density at radius 1 is 1.28 bits per heavy atom. The van der Waals surface area contributed by atoms with Crippen LogP contribution in [0.2, 0.25) is 5.02 Å². The number of non-ortho nitro benzene ring substituents is 1. The number of carbonyl (C=O) groups excluding carboxylic acids is 1. The van der Waals surface area contributed by atoms with Crippen LogP contribution in [0, 0.1) is 10.1 Å². The van der Waals surface area contributed by atoms with Gasteiger partial charge in [0.25, 0.3) is 11.6 Å². The number of allylic oxidation sites excluding steroid dienone is 1. The molecule has 0 bridgehead atoms. The molecule has 0 fully saturated rings. The third-order valence-electron chi connectivity index (χ3n) is 4.46. The van der Waals surface area contributed by atoms with E-state index in [1.807, 2.05) is 0 Å². The van der Waals surface area contributed by atoms with Gasteiger partial charge in [-0.3, -0.25) is 14.9 Å². The lowest BCUT2D eigenvalue weighted by Gasteiger charge is -2.27. The normalized spacial score (nSPS) is 15.4. The molecule has 2 heterocycles. The quantitative estimate of drug-likeness (QED) is 0.498. The van der Waals surface area contributed by atoms with Crippen molar-refractivity contribution >= 4 is 34.8 Å². The van der Waals surface area contributed by atoms with Crippen molar-refractivity contribution in [3.63, 3.8) is 0 Å². The summed E-state index contributed by atoms with van der Waals surface area (Å²) in [7, 11) is 0. The molecule has 0 spiro atoms. The number of nitrogens with one attached hydrogen (secondary N) is 2. The Hall–Kier alpha value is -3.79. The van der Waals surface area contributed by atoms with Crippen molar-refractivity contribution in [2.45, 2.75) is 13.0 Å². The van der Waals surface area contributed by atoms with Crippen molar-refractivity contribution in [3.05, 3.63) is 80.5 Å². The van der Waals surface area contributed by atoms with E-state index in [2.05, 4.69) is 26.2 Å². The van der Waals surface area contributed by atoms with Gasteiger partial charge in [-0.1, -0.05) is 28.8 Å². The molecule has 1 aromatic heterocycles. The van der Waals surface area contributed by atoms with Gasteiger partial charge < -0.3 is 10.6 Å². The zero-order valence-electron chi connectivity index (χ0n) is 15.0. The molecule has 2 N–H and O–H groups in total. The number of nitro benzene ring substituents is 1. The van der Waals surface area contributed by atoms with E-state index in [0.29, 0.717) is 33.5 Å². The number of benzene rings is 2. The molecule has 0 radical (unpaired) electrons. The van der Waals surface area contributed by atoms with Crippen LogP contribution in [0.25, 0.3) is 0 Å². The summed E-state index contributed by atoms with van der Waals surface area (Å²) in [5, 5.41) is 29.1. The second-order valence-electron chi connectivity index (χ2n) is 6.33. The number of fused-ring (bicyclic) bond motifs is 1. The zero-order chi connectivity index (χ0) is 20.5. The third-order valence-corrected chi connectivity index (χ3v) is 4.71. The minimum Gasteiger partial charge on any atom is -0.326 e. The fraction of sp³-hybridized carbons (Fsp3) is 0.111. The summed E-state index contributed by atoms with van der Waals surface area (Å²) >= 11 is 5.89. The number of nitro groups is 1. The van der Waals surface area contributed by atoms with Crippen LogP contribution in [0.15, 0.2) is 59.8 Å². The van der Waals surface area contributed by atoms with Crippen molar-refractivity contribution in [2.24, 2.45) is 0 Å². The van der Waals surface area contributed by atoms with Crippen LogP contribution in [0.3, 0.4) is 0 Å². The Morgan fingerprint density at radius 3 is 2.76 bits per heavy atom. The standard InChI is InChI=1S/C18H14ClN7O3/c1-10-15(17(27)21-13-7-5-12(19)6-8-13)16(25-18(20-10)22-23-24-25)11-3-2-4-14(9-11)26(28)29/h2-9,16H,1H3,(H,21,27)(H,20,22,24)/t16-/m0/s1. The van der Waals surface area contributed by atoms with E-state index in [1.165, 1.54) is 16.8 Å². The van der Waals surface area contributed by atoms with E-state index in [0.717, 1.165) is 0 Å². The second-order valence-corrected chi connectivity index (χ2v) is 6.76. The van der Waals surface area contributed by atoms with Gasteiger partial charge in [-0.25, -0.2) is 0 Å². The number of nitrogens with zero attached hydrogens (tertiary/aromatic N) is 5. The predicted octanol–water partition coefficient (Wildman–Crippen LogP) is 3.16. The van der Waals surface area contributed by atoms with E-state index >= 15 is 0 Å². The number of rotatable bonds is 4. The minimum atomic E-state index is -0.742. The molecule has 0 unspecified atom stereocenters. The molecule has 29 heavy (non-hydrogen) atoms. The van der Waals surface area contributed by atoms with Gasteiger partial charge >= 0.3 is 0 Å². The fourth-order valence-electron chi connectivity index (χ4n) is 3.15. The Labute approximate surface area is 169 Å². The van der Waals surface area contributed by atoms with Crippen molar-refractivity contribution < 1.29 is 9.72 Å². The highest BCUT2D eigenvalue weighted by Crippen LogP contribution is 2.36. The van der Waals surface area contributed by atoms with E-state index in [-0.39, 0.29) is 5.69 Å². The molecule has 1 aliphatic heterocycles. The van der Waals surface area contributed by atoms with Crippen molar-refractivity contribution in [3.8, 4) is 0 Å². The summed E-state index contributed by atoms with van der Waals surface area (Å²) in [4.78, 5) is 23.9. The lowest BCUT2D eigenvalue weighted by molar-refractivity contribution is -0.384. The Bertz CT molecular complexity index is 1140. The molecule has 146 valence electrons. The summed E-state index contributed by atoms with van der Waals surface area (Å²) in [6, 6.07) is 12.0. The molecule has 3 aromatic rings. The second kappa shape index (κ2) is 7.32. The van der Waals surface area contributed by atoms with Crippen LogP contribution in [-0.2, 0) is 4.79 Å². The van der Waals surface area contributed by atoms with Crippen molar-refractivity contribution in [1.29, 1.82) is 0 Å². The number of anilines is 2. The van der Waals surface area contributed by atoms with Gasteiger partial charge in [0.05, 0.1) is 10.5 Å². The summed E-state index contributed by atoms with van der Waals surface area (Å²) in [6.07, 6.45) is 0. The zero-order valence-corrected chi connectivity index (χ0v) is 15.8. The summed E-state index contributed by atoms with van der Waals surface area (Å²) in [5.74, 6) is -0.0583. The first-order valence-corrected chi connectivity index (χ1v) is 8.89. The number of aromatic nitrogens is 4. The van der Waals surface area contributed by atoms with Crippen LogP contribution in [0.4, 0.5) is 17.3 Å². The monoisotopic (exact) mass is 411 g/mol. The van der Waals surface area contributed by atoms with Gasteiger partial charge in [0, 0.05) is 28.5 Å². The summed E-state index contributed by atoms with van der Waals surface area (Å²) < 4.78 is 1.42. The number of hydrogen-bond donors (Lipinski definition) is 2. The highest BCUT2D eigenvalue weighted by atomic mass is 35.5. The SMILES string of the molecule is CC1=C(C(=O)Nc2ccc(Cl)cc2)[C@H](c2cccc([N+](=O)[O-])c2)n2nnnc2N1. The molecule has 2 aromatic carbocycles. The van der Waals surface area contributed by atoms with Gasteiger partial charge in [0.1, 0.15) is 6.04 Å². The average molecular weight is 412 g/mol. The first-order chi connectivity index (χ1) is 13.9. The molecule has 0 saturated carbocycles. The number of halogens is 1. The van der Waals surface area contributed by atoms with Crippen molar-refractivity contribution in [1.82, 2.24) is 20.2 Å². The number of amides is 1. The maximum Gasteiger partial charge on any atom is 0.269 e. The van der Waals surface area contributed by atoms with Crippen LogP contribution >= 0.6 is 11.6 Å². The summed E-state index contributed by atoms with van der Waals surface area (Å²) in [6.45, 7) is 1.72. The Kier molecular flexibility index (Phi) is 4.69. The molecule has 0 saturated heterocycles. The molecular weight excluding hydrogens is 398 g/mol. The van der Waals surface area contributed by atoms with Gasteiger partial charge in [-0.05, 0) is 47.2 Å². The maximum absolute atomic E-state index is 13.1. The molecule has 1 aliphatic rings. The van der Waals surface area contributed by atoms with E-state index in [9.17, 15) is 14.9 Å². The van der Waals surface area contributed by atoms with Crippen LogP contribution in [0.1, 0.15) is 18.5 Å². The molecule has 11 heteroatoms. The molecule has 10 nitrogen and oxygen atoms in total. The van der Waals surface area contributed by atoms with E-state index in [1.54, 1.807) is 43.3 Å². The number of tetrazole rings is 1. The molecule has 4 rings (SSSR count). The summed E-state index contributed by atoms with van der Waals surface area (Å²) in [5.41, 5.74) is 1.84. The number of hydrogen-bond acceptors (Lipinski definition) is 7. The third kappa shape index (κ3) is 3.52. The highest BCUT2D eigenvalue weighted by molar-refractivity contribution is 6.30. The number of carbonyl (C=O) groups is 1. The Balaban J connectivity index is 1.77. The van der Waals surface area contributed by atoms with Crippen molar-refractivity contribution in [2.75, 3.05) is 10.6 Å². The van der Waals surface area contributed by atoms with Gasteiger partial charge in [-0.15, -0.1) is 0 Å². The Morgan fingerprint density at radius 2 is 2.03 bits per heavy atom. The fourth-order valence-corrected chi connectivity index (χ4v) is 3.28. The van der Waals surface area contributed by atoms with E-state index in [4.69, 9.17) is 11.6 Å². The van der Waals surface area contributed by atoms with E-state index < -0.39 is 16.9 Å². The van der Waals surface area contributed by atoms with Gasteiger partial charge in [0.2, 0.25) is 5.95 Å². The predicted molar refractivity (Wildman–Crippen MR) is 105 cm³/mol. The smallest absolute Gasteiger partial charge is 0.269 e. The van der Waals surface area contributed by atoms with Crippen LogP contribution in [-0.4, -0.2) is 31.0 Å².